The maximum absolute atomic E-state index is 10.7. The summed E-state index contributed by atoms with van der Waals surface area (Å²) in [6.07, 6.45) is 4.55. The molecule has 1 N–H and O–H groups in total. The molecule has 3 aromatic carbocycles. The van der Waals surface area contributed by atoms with Gasteiger partial charge in [-0.05, 0) is 18.6 Å². The molecule has 0 aliphatic rings. The highest BCUT2D eigenvalue weighted by atomic mass is 16.5. The number of nitrogens with zero attached hydrogens (tertiary/aromatic N) is 3. The summed E-state index contributed by atoms with van der Waals surface area (Å²) in [6, 6.07) is 24.8. The largest absolute Gasteiger partial charge is 0.507 e. The van der Waals surface area contributed by atoms with Crippen molar-refractivity contribution in [3.63, 3.8) is 0 Å². The molecule has 0 bridgehead atoms. The number of aromatic hydroxyl groups is 1. The Morgan fingerprint density at radius 1 is 0.688 bits per heavy atom. The summed E-state index contributed by atoms with van der Waals surface area (Å²) in [7, 11) is 0. The summed E-state index contributed by atoms with van der Waals surface area (Å²) < 4.78 is 5.80. The summed E-state index contributed by atoms with van der Waals surface area (Å²) >= 11 is 0. The van der Waals surface area contributed by atoms with Crippen LogP contribution in [0, 0.1) is 0 Å². The molecule has 5 nitrogen and oxygen atoms in total. The quantitative estimate of drug-likeness (QED) is 0.309. The van der Waals surface area contributed by atoms with Gasteiger partial charge in [-0.2, -0.15) is 0 Å². The topological polar surface area (TPSA) is 68.1 Å². The Bertz CT molecular complexity index is 1090. The van der Waals surface area contributed by atoms with Crippen molar-refractivity contribution in [2.75, 3.05) is 6.61 Å². The Kier molecular flexibility index (Phi) is 7.08. The number of ether oxygens (including phenoxy) is 1. The molecule has 0 unspecified atom stereocenters. The average molecular weight is 426 g/mol. The minimum atomic E-state index is 0.0836. The molecule has 0 aliphatic carbocycles. The number of phenolic OH excluding ortho intramolecular Hbond substituents is 1. The molecule has 0 fully saturated rings. The monoisotopic (exact) mass is 425 g/mol. The number of rotatable bonds is 9. The lowest BCUT2D eigenvalue weighted by Crippen LogP contribution is -2.01. The van der Waals surface area contributed by atoms with E-state index in [1.807, 2.05) is 66.7 Å². The van der Waals surface area contributed by atoms with Gasteiger partial charge in [0.15, 0.2) is 17.5 Å². The van der Waals surface area contributed by atoms with E-state index in [2.05, 4.69) is 21.9 Å². The number of hydrogen-bond donors (Lipinski definition) is 1. The Hall–Kier alpha value is -3.73. The second kappa shape index (κ2) is 10.5. The molecular formula is C27H27N3O2. The summed E-state index contributed by atoms with van der Waals surface area (Å²) in [5.41, 5.74) is 2.32. The third-order valence-electron chi connectivity index (χ3n) is 5.18. The molecule has 4 aromatic rings. The Balaban J connectivity index is 1.66. The van der Waals surface area contributed by atoms with E-state index in [0.717, 1.165) is 24.0 Å². The van der Waals surface area contributed by atoms with Crippen molar-refractivity contribution in [3.05, 3.63) is 78.9 Å². The number of aromatic nitrogens is 3. The van der Waals surface area contributed by atoms with Crippen LogP contribution in [-0.2, 0) is 0 Å². The van der Waals surface area contributed by atoms with Gasteiger partial charge in [-0.15, -0.1) is 0 Å². The van der Waals surface area contributed by atoms with Gasteiger partial charge < -0.3 is 9.84 Å². The van der Waals surface area contributed by atoms with Gasteiger partial charge in [0.25, 0.3) is 0 Å². The molecule has 0 saturated carbocycles. The normalized spacial score (nSPS) is 10.8. The fraction of sp³-hybridized carbons (Fsp3) is 0.222. The van der Waals surface area contributed by atoms with Crippen LogP contribution >= 0.6 is 0 Å². The van der Waals surface area contributed by atoms with Gasteiger partial charge in [-0.1, -0.05) is 86.8 Å². The zero-order valence-corrected chi connectivity index (χ0v) is 18.2. The zero-order chi connectivity index (χ0) is 22.2. The summed E-state index contributed by atoms with van der Waals surface area (Å²) in [4.78, 5) is 14.0. The van der Waals surface area contributed by atoms with Crippen LogP contribution in [0.1, 0.15) is 32.6 Å². The van der Waals surface area contributed by atoms with Crippen LogP contribution in [-0.4, -0.2) is 26.7 Å². The predicted molar refractivity (Wildman–Crippen MR) is 127 cm³/mol. The smallest absolute Gasteiger partial charge is 0.167 e. The van der Waals surface area contributed by atoms with Gasteiger partial charge in [-0.3, -0.25) is 0 Å². The Morgan fingerprint density at radius 3 is 1.84 bits per heavy atom. The summed E-state index contributed by atoms with van der Waals surface area (Å²) in [6.45, 7) is 2.83. The average Bonchev–Trinajstić information content (AvgIpc) is 2.85. The van der Waals surface area contributed by atoms with Crippen LogP contribution in [0.4, 0.5) is 0 Å². The SMILES string of the molecule is CCCCCCOc1ccc(-c2nc(-c3ccccc3)nc(-c3ccccc3)n2)c(O)c1. The first-order valence-corrected chi connectivity index (χ1v) is 11.1. The van der Waals surface area contributed by atoms with E-state index in [9.17, 15) is 5.11 Å². The number of hydrogen-bond acceptors (Lipinski definition) is 5. The third-order valence-corrected chi connectivity index (χ3v) is 5.18. The molecule has 0 spiro atoms. The van der Waals surface area contributed by atoms with Crippen LogP contribution < -0.4 is 4.74 Å². The molecule has 0 amide bonds. The number of benzene rings is 3. The highest BCUT2D eigenvalue weighted by Crippen LogP contribution is 2.32. The van der Waals surface area contributed by atoms with Gasteiger partial charge in [0.1, 0.15) is 11.5 Å². The van der Waals surface area contributed by atoms with Crippen molar-refractivity contribution in [1.29, 1.82) is 0 Å². The number of phenols is 1. The molecule has 32 heavy (non-hydrogen) atoms. The van der Waals surface area contributed by atoms with E-state index in [1.54, 1.807) is 12.1 Å². The minimum absolute atomic E-state index is 0.0836. The third kappa shape index (κ3) is 5.30. The van der Waals surface area contributed by atoms with Crippen molar-refractivity contribution < 1.29 is 9.84 Å². The molecule has 0 saturated heterocycles. The summed E-state index contributed by atoms with van der Waals surface area (Å²) in [5, 5.41) is 10.7. The fourth-order valence-electron chi connectivity index (χ4n) is 3.44. The van der Waals surface area contributed by atoms with Gasteiger partial charge in [0.2, 0.25) is 0 Å². The second-order valence-corrected chi connectivity index (χ2v) is 7.63. The fourth-order valence-corrected chi connectivity index (χ4v) is 3.44. The second-order valence-electron chi connectivity index (χ2n) is 7.63. The molecule has 0 aliphatic heterocycles. The molecule has 1 aromatic heterocycles. The van der Waals surface area contributed by atoms with Crippen LogP contribution in [0.3, 0.4) is 0 Å². The minimum Gasteiger partial charge on any atom is -0.507 e. The number of unbranched alkanes of at least 4 members (excludes halogenated alkanes) is 3. The van der Waals surface area contributed by atoms with Gasteiger partial charge in [0, 0.05) is 17.2 Å². The van der Waals surface area contributed by atoms with Crippen LogP contribution in [0.5, 0.6) is 11.5 Å². The lowest BCUT2D eigenvalue weighted by atomic mass is 10.1. The standard InChI is InChI=1S/C27H27N3O2/c1-2-3-4-11-18-32-22-16-17-23(24(31)19-22)27-29-25(20-12-7-5-8-13-20)28-26(30-27)21-14-9-6-10-15-21/h5-10,12-17,19,31H,2-4,11,18H2,1H3. The zero-order valence-electron chi connectivity index (χ0n) is 18.2. The molecular weight excluding hydrogens is 398 g/mol. The molecule has 4 rings (SSSR count). The van der Waals surface area contributed by atoms with E-state index < -0.39 is 0 Å². The molecule has 5 heteroatoms. The van der Waals surface area contributed by atoms with E-state index in [1.165, 1.54) is 12.8 Å². The maximum Gasteiger partial charge on any atom is 0.167 e. The van der Waals surface area contributed by atoms with Crippen molar-refractivity contribution in [2.45, 2.75) is 32.6 Å². The van der Waals surface area contributed by atoms with E-state index in [4.69, 9.17) is 4.74 Å². The highest BCUT2D eigenvalue weighted by molar-refractivity contribution is 5.70. The van der Waals surface area contributed by atoms with Crippen molar-refractivity contribution in [3.8, 4) is 45.7 Å². The van der Waals surface area contributed by atoms with Gasteiger partial charge in [0.05, 0.1) is 12.2 Å². The van der Waals surface area contributed by atoms with Crippen molar-refractivity contribution in [2.24, 2.45) is 0 Å². The first-order valence-electron chi connectivity index (χ1n) is 11.1. The maximum atomic E-state index is 10.7. The van der Waals surface area contributed by atoms with E-state index in [0.29, 0.717) is 35.4 Å². The predicted octanol–water partition coefficient (Wildman–Crippen LogP) is 6.54. The van der Waals surface area contributed by atoms with E-state index >= 15 is 0 Å². The first-order chi connectivity index (χ1) is 15.7. The van der Waals surface area contributed by atoms with Crippen LogP contribution in [0.15, 0.2) is 78.9 Å². The molecule has 162 valence electrons. The molecule has 1 heterocycles. The lowest BCUT2D eigenvalue weighted by Gasteiger charge is -2.11. The summed E-state index contributed by atoms with van der Waals surface area (Å²) in [5.74, 6) is 2.27. The van der Waals surface area contributed by atoms with Gasteiger partial charge >= 0.3 is 0 Å². The molecule has 0 radical (unpaired) electrons. The molecule has 0 atom stereocenters. The van der Waals surface area contributed by atoms with Crippen LogP contribution in [0.25, 0.3) is 34.2 Å². The Morgan fingerprint density at radius 2 is 1.28 bits per heavy atom. The van der Waals surface area contributed by atoms with Gasteiger partial charge in [-0.25, -0.2) is 15.0 Å². The lowest BCUT2D eigenvalue weighted by molar-refractivity contribution is 0.303. The van der Waals surface area contributed by atoms with Crippen molar-refractivity contribution in [1.82, 2.24) is 15.0 Å². The Labute approximate surface area is 188 Å². The first kappa shape index (κ1) is 21.5. The highest BCUT2D eigenvalue weighted by Gasteiger charge is 2.15. The van der Waals surface area contributed by atoms with E-state index in [-0.39, 0.29) is 5.75 Å². The van der Waals surface area contributed by atoms with Crippen LogP contribution in [0.2, 0.25) is 0 Å². The van der Waals surface area contributed by atoms with Crippen molar-refractivity contribution >= 4 is 0 Å².